The summed E-state index contributed by atoms with van der Waals surface area (Å²) in [5.41, 5.74) is 10.3. The third-order valence-electron chi connectivity index (χ3n) is 11.4. The van der Waals surface area contributed by atoms with Crippen molar-refractivity contribution in [3.8, 4) is 56.4 Å². The van der Waals surface area contributed by atoms with Crippen molar-refractivity contribution in [1.82, 2.24) is 15.0 Å². The number of nitrogens with zero attached hydrogens (tertiary/aromatic N) is 3. The van der Waals surface area contributed by atoms with E-state index < -0.39 is 0 Å². The van der Waals surface area contributed by atoms with Crippen LogP contribution in [0.4, 0.5) is 0 Å². The molecule has 0 aliphatic rings. The van der Waals surface area contributed by atoms with E-state index in [9.17, 15) is 0 Å². The Hall–Kier alpha value is -7.89. The molecule has 0 fully saturated rings. The summed E-state index contributed by atoms with van der Waals surface area (Å²) in [5.74, 6) is 1.73. The lowest BCUT2D eigenvalue weighted by atomic mass is 9.90. The predicted octanol–water partition coefficient (Wildman–Crippen LogP) is 14.3. The van der Waals surface area contributed by atoms with Crippen molar-refractivity contribution in [2.45, 2.75) is 0 Å². The van der Waals surface area contributed by atoms with Gasteiger partial charge in [0, 0.05) is 38.2 Å². The molecule has 12 rings (SSSR count). The third kappa shape index (κ3) is 5.07. The van der Waals surface area contributed by atoms with Crippen molar-refractivity contribution < 1.29 is 8.83 Å². The molecule has 0 N–H and O–H groups in total. The molecule has 0 spiro atoms. The molecule has 9 aromatic carbocycles. The van der Waals surface area contributed by atoms with Crippen LogP contribution in [-0.4, -0.2) is 15.0 Å². The maximum absolute atomic E-state index is 6.66. The van der Waals surface area contributed by atoms with Crippen LogP contribution < -0.4 is 0 Å². The topological polar surface area (TPSA) is 65.0 Å². The highest BCUT2D eigenvalue weighted by Gasteiger charge is 2.22. The molecule has 3 heterocycles. The summed E-state index contributed by atoms with van der Waals surface area (Å²) in [6, 6.07) is 65.1. The van der Waals surface area contributed by atoms with Crippen LogP contribution in [-0.2, 0) is 0 Å². The summed E-state index contributed by atoms with van der Waals surface area (Å²) in [7, 11) is 0. The van der Waals surface area contributed by atoms with Crippen molar-refractivity contribution in [1.29, 1.82) is 0 Å². The molecule has 58 heavy (non-hydrogen) atoms. The minimum absolute atomic E-state index is 0.550. The quantitative estimate of drug-likeness (QED) is 0.176. The molecule has 0 saturated heterocycles. The van der Waals surface area contributed by atoms with Gasteiger partial charge in [-0.2, -0.15) is 0 Å². The van der Waals surface area contributed by atoms with E-state index in [0.29, 0.717) is 17.5 Å². The van der Waals surface area contributed by atoms with E-state index >= 15 is 0 Å². The van der Waals surface area contributed by atoms with Crippen LogP contribution in [0.1, 0.15) is 0 Å². The molecule has 12 aromatic rings. The summed E-state index contributed by atoms with van der Waals surface area (Å²) >= 11 is 0. The van der Waals surface area contributed by atoms with Crippen LogP contribution in [0.3, 0.4) is 0 Å². The fraction of sp³-hybridized carbons (Fsp3) is 0. The van der Waals surface area contributed by atoms with Gasteiger partial charge in [-0.15, -0.1) is 0 Å². The van der Waals surface area contributed by atoms with Crippen LogP contribution in [0.5, 0.6) is 0 Å². The molecule has 270 valence electrons. The third-order valence-corrected chi connectivity index (χ3v) is 11.4. The van der Waals surface area contributed by atoms with Gasteiger partial charge in [-0.3, -0.25) is 0 Å². The number of para-hydroxylation sites is 3. The Morgan fingerprint density at radius 2 is 0.862 bits per heavy atom. The molecule has 0 aliphatic heterocycles. The molecular formula is C53H31N3O2. The molecule has 3 aromatic heterocycles. The summed E-state index contributed by atoms with van der Waals surface area (Å²) in [5, 5.41) is 8.66. The fourth-order valence-electron chi connectivity index (χ4n) is 8.62. The van der Waals surface area contributed by atoms with Crippen molar-refractivity contribution in [2.24, 2.45) is 0 Å². The fourth-order valence-corrected chi connectivity index (χ4v) is 8.62. The standard InChI is InChI=1S/C53H31N3O2/c1-2-14-33(15-3-1)36-27-29-41(48-44-20-9-11-24-47(44)58-50(36)48)39-28-30-43(38-18-7-6-17-37(38)39)52-54-51(35-26-25-32-13-4-5-16-34(32)31-35)55-53(56-52)45-22-12-21-42-40-19-8-10-23-46(40)57-49(42)45/h1-31H. The monoisotopic (exact) mass is 741 g/mol. The van der Waals surface area contributed by atoms with Gasteiger partial charge in [0.1, 0.15) is 22.3 Å². The van der Waals surface area contributed by atoms with E-state index in [1.807, 2.05) is 48.5 Å². The Labute approximate surface area is 332 Å². The number of furan rings is 2. The lowest BCUT2D eigenvalue weighted by Gasteiger charge is -2.14. The summed E-state index contributed by atoms with van der Waals surface area (Å²) in [6.45, 7) is 0. The molecule has 5 nitrogen and oxygen atoms in total. The van der Waals surface area contributed by atoms with Gasteiger partial charge in [0.25, 0.3) is 0 Å². The Bertz CT molecular complexity index is 3580. The normalized spacial score (nSPS) is 11.8. The average molecular weight is 742 g/mol. The van der Waals surface area contributed by atoms with Gasteiger partial charge < -0.3 is 8.83 Å². The van der Waals surface area contributed by atoms with Gasteiger partial charge in [-0.1, -0.05) is 152 Å². The zero-order chi connectivity index (χ0) is 38.2. The van der Waals surface area contributed by atoms with Crippen LogP contribution in [0, 0.1) is 0 Å². The Kier molecular flexibility index (Phi) is 7.16. The number of hydrogen-bond acceptors (Lipinski definition) is 5. The number of rotatable bonds is 5. The maximum Gasteiger partial charge on any atom is 0.167 e. The van der Waals surface area contributed by atoms with E-state index in [2.05, 4.69) is 140 Å². The first-order valence-electron chi connectivity index (χ1n) is 19.4. The lowest BCUT2D eigenvalue weighted by Crippen LogP contribution is -2.01. The van der Waals surface area contributed by atoms with E-state index in [1.54, 1.807) is 0 Å². The minimum atomic E-state index is 0.550. The second-order valence-electron chi connectivity index (χ2n) is 14.7. The lowest BCUT2D eigenvalue weighted by molar-refractivity contribution is 0.669. The van der Waals surface area contributed by atoms with Crippen LogP contribution in [0.15, 0.2) is 197 Å². The molecular weight excluding hydrogens is 711 g/mol. The second-order valence-corrected chi connectivity index (χ2v) is 14.7. The first-order chi connectivity index (χ1) is 28.7. The number of aromatic nitrogens is 3. The van der Waals surface area contributed by atoms with E-state index in [0.717, 1.165) is 104 Å². The van der Waals surface area contributed by atoms with Crippen LogP contribution in [0.2, 0.25) is 0 Å². The average Bonchev–Trinajstić information content (AvgIpc) is 3.88. The Balaban J connectivity index is 1.10. The minimum Gasteiger partial charge on any atom is -0.455 e. The Morgan fingerprint density at radius 1 is 0.293 bits per heavy atom. The van der Waals surface area contributed by atoms with E-state index in [-0.39, 0.29) is 0 Å². The summed E-state index contributed by atoms with van der Waals surface area (Å²) in [6.07, 6.45) is 0. The maximum atomic E-state index is 6.66. The van der Waals surface area contributed by atoms with Gasteiger partial charge in [-0.25, -0.2) is 15.0 Å². The molecule has 0 unspecified atom stereocenters. The van der Waals surface area contributed by atoms with E-state index in [1.165, 1.54) is 0 Å². The van der Waals surface area contributed by atoms with E-state index in [4.69, 9.17) is 23.8 Å². The first kappa shape index (κ1) is 32.4. The molecule has 0 radical (unpaired) electrons. The molecule has 0 bridgehead atoms. The summed E-state index contributed by atoms with van der Waals surface area (Å²) in [4.78, 5) is 15.7. The number of benzene rings is 9. The highest BCUT2D eigenvalue weighted by atomic mass is 16.3. The zero-order valence-corrected chi connectivity index (χ0v) is 31.1. The van der Waals surface area contributed by atoms with Gasteiger partial charge in [-0.05, 0) is 74.6 Å². The molecule has 5 heteroatoms. The Morgan fingerprint density at radius 3 is 1.69 bits per heavy atom. The summed E-state index contributed by atoms with van der Waals surface area (Å²) < 4.78 is 13.2. The van der Waals surface area contributed by atoms with Crippen molar-refractivity contribution >= 4 is 65.4 Å². The van der Waals surface area contributed by atoms with Crippen molar-refractivity contribution in [3.05, 3.63) is 188 Å². The van der Waals surface area contributed by atoms with Gasteiger partial charge >= 0.3 is 0 Å². The van der Waals surface area contributed by atoms with Crippen molar-refractivity contribution in [3.63, 3.8) is 0 Å². The largest absolute Gasteiger partial charge is 0.455 e. The molecule has 0 saturated carbocycles. The highest BCUT2D eigenvalue weighted by molar-refractivity contribution is 6.19. The van der Waals surface area contributed by atoms with Gasteiger partial charge in [0.2, 0.25) is 0 Å². The van der Waals surface area contributed by atoms with Crippen LogP contribution in [0.25, 0.3) is 122 Å². The molecule has 0 atom stereocenters. The first-order valence-corrected chi connectivity index (χ1v) is 19.4. The van der Waals surface area contributed by atoms with Crippen LogP contribution >= 0.6 is 0 Å². The smallest absolute Gasteiger partial charge is 0.167 e. The number of hydrogen-bond donors (Lipinski definition) is 0. The highest BCUT2D eigenvalue weighted by Crippen LogP contribution is 2.45. The van der Waals surface area contributed by atoms with Gasteiger partial charge in [0.05, 0.1) is 5.56 Å². The second kappa shape index (κ2) is 12.8. The zero-order valence-electron chi connectivity index (χ0n) is 31.1. The number of fused-ring (bicyclic) bond motifs is 8. The predicted molar refractivity (Wildman–Crippen MR) is 237 cm³/mol. The molecule has 0 amide bonds. The van der Waals surface area contributed by atoms with Crippen molar-refractivity contribution in [2.75, 3.05) is 0 Å². The molecule has 0 aliphatic carbocycles. The SMILES string of the molecule is c1ccc(-c2ccc(-c3ccc(-c4nc(-c5ccc6ccccc6c5)nc(-c5cccc6c5oc5ccccc56)n4)c4ccccc34)c3c2oc2ccccc23)cc1. The van der Waals surface area contributed by atoms with Gasteiger partial charge in [0.15, 0.2) is 17.5 Å².